The number of fused-ring (bicyclic) bond motifs is 1. The molecule has 0 spiro atoms. The second-order valence-corrected chi connectivity index (χ2v) is 9.13. The van der Waals surface area contributed by atoms with Crippen LogP contribution in [0.15, 0.2) is 72.9 Å². The van der Waals surface area contributed by atoms with Gasteiger partial charge in [-0.1, -0.05) is 47.7 Å². The van der Waals surface area contributed by atoms with Gasteiger partial charge in [0.1, 0.15) is 11.9 Å². The van der Waals surface area contributed by atoms with Crippen molar-refractivity contribution in [3.05, 3.63) is 89.7 Å². The van der Waals surface area contributed by atoms with E-state index < -0.39 is 18.2 Å². The molecular formula is C28H28N4O5. The van der Waals surface area contributed by atoms with Gasteiger partial charge in [-0.15, -0.1) is 5.10 Å². The summed E-state index contributed by atoms with van der Waals surface area (Å²) in [6.07, 6.45) is 1.41. The molecule has 0 bridgehead atoms. The molecule has 1 aromatic heterocycles. The number of carbonyl (C=O) groups excluding carboxylic acids is 1. The van der Waals surface area contributed by atoms with Gasteiger partial charge in [-0.05, 0) is 53.4 Å². The largest absolute Gasteiger partial charge is 0.497 e. The fraction of sp³-hybridized carbons (Fsp3) is 0.286. The van der Waals surface area contributed by atoms with Crippen LogP contribution in [-0.2, 0) is 17.7 Å². The van der Waals surface area contributed by atoms with Crippen LogP contribution in [-0.4, -0.2) is 63.4 Å². The molecule has 4 aromatic rings. The van der Waals surface area contributed by atoms with Crippen LogP contribution in [0.2, 0.25) is 0 Å². The van der Waals surface area contributed by atoms with Crippen LogP contribution in [0.25, 0.3) is 10.8 Å². The maximum Gasteiger partial charge on any atom is 0.407 e. The Morgan fingerprint density at radius 3 is 2.59 bits per heavy atom. The number of carbonyl (C=O) groups is 2. The van der Waals surface area contributed by atoms with Gasteiger partial charge in [-0.2, -0.15) is 0 Å². The fourth-order valence-electron chi connectivity index (χ4n) is 4.70. The molecule has 1 aliphatic heterocycles. The topological polar surface area (TPSA) is 107 Å². The van der Waals surface area contributed by atoms with E-state index in [2.05, 4.69) is 10.3 Å². The maximum absolute atomic E-state index is 13.1. The van der Waals surface area contributed by atoms with Gasteiger partial charge in [0.15, 0.2) is 0 Å². The summed E-state index contributed by atoms with van der Waals surface area (Å²) in [6, 6.07) is 21.0. The first-order chi connectivity index (χ1) is 18.0. The summed E-state index contributed by atoms with van der Waals surface area (Å²) < 4.78 is 12.9. The number of likely N-dealkylation sites (tertiary alicyclic amines) is 1. The van der Waals surface area contributed by atoms with Crippen molar-refractivity contribution in [3.63, 3.8) is 0 Å². The van der Waals surface area contributed by atoms with E-state index in [1.54, 1.807) is 23.9 Å². The first-order valence-electron chi connectivity index (χ1n) is 12.2. The number of nitrogens with zero attached hydrogens (tertiary/aromatic N) is 4. The lowest BCUT2D eigenvalue weighted by molar-refractivity contribution is -0.000592. The van der Waals surface area contributed by atoms with Crippen molar-refractivity contribution in [2.45, 2.75) is 31.4 Å². The van der Waals surface area contributed by atoms with Gasteiger partial charge < -0.3 is 19.5 Å². The van der Waals surface area contributed by atoms with Crippen LogP contribution in [0, 0.1) is 0 Å². The number of esters is 1. The number of carboxylic acid groups (broad SMARTS) is 1. The Labute approximate surface area is 214 Å². The molecule has 1 fully saturated rings. The Hall–Kier alpha value is -4.40. The average molecular weight is 501 g/mol. The number of rotatable bonds is 7. The van der Waals surface area contributed by atoms with Gasteiger partial charge in [0.25, 0.3) is 0 Å². The van der Waals surface area contributed by atoms with Gasteiger partial charge in [0.05, 0.1) is 24.9 Å². The van der Waals surface area contributed by atoms with Gasteiger partial charge in [-0.25, -0.2) is 9.59 Å². The van der Waals surface area contributed by atoms with Crippen LogP contribution in [0.3, 0.4) is 0 Å². The summed E-state index contributed by atoms with van der Waals surface area (Å²) in [5.74, 6) is 0.0680. The van der Waals surface area contributed by atoms with Crippen LogP contribution < -0.4 is 4.74 Å². The SMILES string of the molecule is COc1ccc(CCn2cc(C3CCN(C(=O)O)CC3OC(=O)c3ccc4ccccc4c3)nn2)cc1. The summed E-state index contributed by atoms with van der Waals surface area (Å²) in [4.78, 5) is 26.0. The molecule has 9 nitrogen and oxygen atoms in total. The maximum atomic E-state index is 13.1. The Morgan fingerprint density at radius 1 is 1.05 bits per heavy atom. The van der Waals surface area contributed by atoms with Crippen molar-refractivity contribution >= 4 is 22.8 Å². The minimum Gasteiger partial charge on any atom is -0.497 e. The Morgan fingerprint density at radius 2 is 1.84 bits per heavy atom. The number of amides is 1. The van der Waals surface area contributed by atoms with Gasteiger partial charge in [0.2, 0.25) is 0 Å². The van der Waals surface area contributed by atoms with Gasteiger partial charge in [0, 0.05) is 25.2 Å². The van der Waals surface area contributed by atoms with Crippen molar-refractivity contribution in [2.24, 2.45) is 0 Å². The van der Waals surface area contributed by atoms with Gasteiger partial charge in [-0.3, -0.25) is 4.68 Å². The summed E-state index contributed by atoms with van der Waals surface area (Å²) in [7, 11) is 1.64. The molecule has 2 unspecified atom stereocenters. The highest BCUT2D eigenvalue weighted by molar-refractivity contribution is 5.95. The van der Waals surface area contributed by atoms with Crippen LogP contribution in [0.4, 0.5) is 4.79 Å². The second kappa shape index (κ2) is 10.7. The summed E-state index contributed by atoms with van der Waals surface area (Å²) in [5, 5.41) is 20.1. The average Bonchev–Trinajstić information content (AvgIpc) is 3.40. The number of benzene rings is 3. The van der Waals surface area contributed by atoms with Crippen LogP contribution >= 0.6 is 0 Å². The molecule has 0 aliphatic carbocycles. The molecular weight excluding hydrogens is 472 g/mol. The highest BCUT2D eigenvalue weighted by atomic mass is 16.5. The van der Waals surface area contributed by atoms with E-state index in [9.17, 15) is 14.7 Å². The number of hydrogen-bond acceptors (Lipinski definition) is 6. The van der Waals surface area contributed by atoms with Crippen LogP contribution in [0.5, 0.6) is 5.75 Å². The first kappa shape index (κ1) is 24.3. The molecule has 1 N–H and O–H groups in total. The highest BCUT2D eigenvalue weighted by Gasteiger charge is 2.37. The van der Waals surface area contributed by atoms with Crippen molar-refractivity contribution < 1.29 is 24.2 Å². The van der Waals surface area contributed by atoms with E-state index in [4.69, 9.17) is 9.47 Å². The molecule has 2 heterocycles. The molecule has 37 heavy (non-hydrogen) atoms. The molecule has 0 radical (unpaired) electrons. The lowest BCUT2D eigenvalue weighted by atomic mass is 9.91. The third-order valence-electron chi connectivity index (χ3n) is 6.80. The molecule has 3 aromatic carbocycles. The second-order valence-electron chi connectivity index (χ2n) is 9.13. The zero-order valence-corrected chi connectivity index (χ0v) is 20.5. The lowest BCUT2D eigenvalue weighted by Gasteiger charge is -2.35. The number of methoxy groups -OCH3 is 1. The van der Waals surface area contributed by atoms with E-state index >= 15 is 0 Å². The minimum absolute atomic E-state index is 0.0814. The molecule has 0 saturated carbocycles. The summed E-state index contributed by atoms with van der Waals surface area (Å²) in [5.41, 5.74) is 2.26. The summed E-state index contributed by atoms with van der Waals surface area (Å²) >= 11 is 0. The molecule has 2 atom stereocenters. The van der Waals surface area contributed by atoms with Crippen molar-refractivity contribution in [1.29, 1.82) is 0 Å². The Bertz CT molecular complexity index is 1400. The number of aromatic nitrogens is 3. The number of piperidine rings is 1. The quantitative estimate of drug-likeness (QED) is 0.376. The normalized spacial score (nSPS) is 17.5. The van der Waals surface area contributed by atoms with E-state index in [1.807, 2.05) is 60.8 Å². The molecule has 1 saturated heterocycles. The third kappa shape index (κ3) is 5.55. The molecule has 1 aliphatic rings. The van der Waals surface area contributed by atoms with Crippen LogP contribution in [0.1, 0.15) is 34.0 Å². The zero-order valence-electron chi connectivity index (χ0n) is 20.5. The van der Waals surface area contributed by atoms with Crippen molar-refractivity contribution in [3.8, 4) is 5.75 Å². The molecule has 5 rings (SSSR count). The number of ether oxygens (including phenoxy) is 2. The van der Waals surface area contributed by atoms with E-state index in [1.165, 1.54) is 4.90 Å². The molecule has 1 amide bonds. The Balaban J connectivity index is 1.30. The van der Waals surface area contributed by atoms with E-state index in [-0.39, 0.29) is 12.5 Å². The van der Waals surface area contributed by atoms with E-state index in [0.29, 0.717) is 30.8 Å². The third-order valence-corrected chi connectivity index (χ3v) is 6.80. The first-order valence-corrected chi connectivity index (χ1v) is 12.2. The Kier molecular flexibility index (Phi) is 7.02. The number of hydrogen-bond donors (Lipinski definition) is 1. The fourth-order valence-corrected chi connectivity index (χ4v) is 4.70. The molecule has 190 valence electrons. The van der Waals surface area contributed by atoms with E-state index in [0.717, 1.165) is 28.5 Å². The predicted octanol–water partition coefficient (Wildman–Crippen LogP) is 4.38. The summed E-state index contributed by atoms with van der Waals surface area (Å²) in [6.45, 7) is 1.05. The van der Waals surface area contributed by atoms with Crippen molar-refractivity contribution in [1.82, 2.24) is 19.9 Å². The lowest BCUT2D eigenvalue weighted by Crippen LogP contribution is -2.47. The minimum atomic E-state index is -1.03. The van der Waals surface area contributed by atoms with Gasteiger partial charge >= 0.3 is 12.1 Å². The number of aryl methyl sites for hydroxylation is 2. The smallest absolute Gasteiger partial charge is 0.407 e. The molecule has 9 heteroatoms. The predicted molar refractivity (Wildman–Crippen MR) is 137 cm³/mol. The van der Waals surface area contributed by atoms with Crippen molar-refractivity contribution in [2.75, 3.05) is 20.2 Å². The standard InChI is InChI=1S/C28H28N4O5/c1-36-23-10-6-19(7-11-23)12-15-32-17-25(29-30-32)24-13-14-31(28(34)35)18-26(24)37-27(33)22-9-8-20-4-2-3-5-21(20)16-22/h2-11,16-17,24,26H,12-15,18H2,1H3,(H,34,35). The monoisotopic (exact) mass is 500 g/mol. The highest BCUT2D eigenvalue weighted by Crippen LogP contribution is 2.30. The zero-order chi connectivity index (χ0) is 25.8.